The molecule has 2 aliphatic heterocycles. The van der Waals surface area contributed by atoms with Gasteiger partial charge < -0.3 is 10.4 Å². The normalized spacial score (nSPS) is 20.1. The van der Waals surface area contributed by atoms with Crippen LogP contribution < -0.4 is 20.8 Å². The maximum atomic E-state index is 14.4. The van der Waals surface area contributed by atoms with E-state index in [0.29, 0.717) is 27.5 Å². The van der Waals surface area contributed by atoms with E-state index in [1.54, 1.807) is 18.2 Å². The number of benzene rings is 2. The van der Waals surface area contributed by atoms with Crippen LogP contribution >= 0.6 is 22.9 Å². The molecule has 5 rings (SSSR count). The van der Waals surface area contributed by atoms with Crippen LogP contribution in [0.3, 0.4) is 0 Å². The van der Waals surface area contributed by atoms with Crippen LogP contribution in [0.2, 0.25) is 5.02 Å². The highest BCUT2D eigenvalue weighted by atomic mass is 35.5. The molecule has 0 bridgehead atoms. The van der Waals surface area contributed by atoms with Gasteiger partial charge in [-0.3, -0.25) is 9.36 Å². The molecule has 3 aromatic rings. The zero-order chi connectivity index (χ0) is 24.9. The Balaban J connectivity index is 1.73. The minimum absolute atomic E-state index is 0.0334. The Kier molecular flexibility index (Phi) is 6.02. The third kappa shape index (κ3) is 4.39. The summed E-state index contributed by atoms with van der Waals surface area (Å²) in [6.07, 6.45) is -4.83. The first-order valence-electron chi connectivity index (χ1n) is 10.5. The minimum atomic E-state index is -4.67. The maximum Gasteiger partial charge on any atom is 0.416 e. The molecule has 0 unspecified atom stereocenters. The zero-order valence-corrected chi connectivity index (χ0v) is 19.4. The Morgan fingerprint density at radius 1 is 1.23 bits per heavy atom. The van der Waals surface area contributed by atoms with Gasteiger partial charge in [-0.2, -0.15) is 23.4 Å². The second-order valence-corrected chi connectivity index (χ2v) is 9.60. The third-order valence-corrected chi connectivity index (χ3v) is 7.26. The van der Waals surface area contributed by atoms with Gasteiger partial charge in [0.25, 0.3) is 0 Å². The molecule has 2 aromatic carbocycles. The number of hydrogen-bond donors (Lipinski definition) is 2. The van der Waals surface area contributed by atoms with Crippen molar-refractivity contribution in [2.45, 2.75) is 24.8 Å². The number of nitrogens with zero attached hydrogens (tertiary/aromatic N) is 3. The second-order valence-electron chi connectivity index (χ2n) is 8.21. The van der Waals surface area contributed by atoms with Crippen LogP contribution in [0.4, 0.5) is 17.6 Å². The SMILES string of the molecule is O=c1sc(C(Cc2ccc(Cl)cc2C(F)(F)F)=c2ccc3c(c2)C=NN=3)c(O)n1[C@H]1CNC[C@@H]1F. The molecule has 12 heteroatoms. The Labute approximate surface area is 204 Å². The van der Waals surface area contributed by atoms with Crippen molar-refractivity contribution in [1.82, 2.24) is 9.88 Å². The molecular weight excluding hydrogens is 508 g/mol. The number of rotatable bonds is 4. The van der Waals surface area contributed by atoms with Crippen molar-refractivity contribution in [3.8, 4) is 5.88 Å². The van der Waals surface area contributed by atoms with E-state index >= 15 is 0 Å². The highest BCUT2D eigenvalue weighted by Crippen LogP contribution is 2.38. The molecule has 35 heavy (non-hydrogen) atoms. The summed E-state index contributed by atoms with van der Waals surface area (Å²) in [6, 6.07) is 7.51. The van der Waals surface area contributed by atoms with E-state index in [-0.39, 0.29) is 40.5 Å². The fourth-order valence-corrected chi connectivity index (χ4v) is 5.48. The molecule has 2 N–H and O–H groups in total. The van der Waals surface area contributed by atoms with Crippen LogP contribution in [-0.4, -0.2) is 35.1 Å². The van der Waals surface area contributed by atoms with Crippen LogP contribution in [0.5, 0.6) is 5.88 Å². The maximum absolute atomic E-state index is 14.4. The molecule has 0 amide bonds. The molecule has 2 atom stereocenters. The first kappa shape index (κ1) is 23.7. The summed E-state index contributed by atoms with van der Waals surface area (Å²) in [7, 11) is 0. The molecule has 0 spiro atoms. The van der Waals surface area contributed by atoms with Gasteiger partial charge in [0.15, 0.2) is 0 Å². The number of aromatic hydroxyl groups is 1. The van der Waals surface area contributed by atoms with E-state index in [2.05, 4.69) is 15.5 Å². The largest absolute Gasteiger partial charge is 0.493 e. The number of alkyl halides is 4. The Morgan fingerprint density at radius 2 is 2.03 bits per heavy atom. The van der Waals surface area contributed by atoms with E-state index in [9.17, 15) is 27.5 Å². The van der Waals surface area contributed by atoms with Crippen LogP contribution in [0.1, 0.15) is 27.6 Å². The van der Waals surface area contributed by atoms with Crippen LogP contribution in [0, 0.1) is 0 Å². The summed E-state index contributed by atoms with van der Waals surface area (Å²) in [4.78, 5) is 12.3. The zero-order valence-electron chi connectivity index (χ0n) is 17.8. The summed E-state index contributed by atoms with van der Waals surface area (Å²) >= 11 is 6.50. The smallest absolute Gasteiger partial charge is 0.416 e. The molecule has 3 heterocycles. The Morgan fingerprint density at radius 3 is 2.74 bits per heavy atom. The summed E-state index contributed by atoms with van der Waals surface area (Å²) in [5, 5.41) is 22.6. The molecule has 1 fully saturated rings. The average molecular weight is 525 g/mol. The van der Waals surface area contributed by atoms with Crippen LogP contribution in [-0.2, 0) is 12.6 Å². The van der Waals surface area contributed by atoms with Gasteiger partial charge in [0, 0.05) is 30.1 Å². The van der Waals surface area contributed by atoms with Gasteiger partial charge in [0.05, 0.1) is 28.1 Å². The summed E-state index contributed by atoms with van der Waals surface area (Å²) < 4.78 is 56.8. The van der Waals surface area contributed by atoms with E-state index in [4.69, 9.17) is 11.6 Å². The van der Waals surface area contributed by atoms with Gasteiger partial charge in [-0.15, -0.1) is 0 Å². The second kappa shape index (κ2) is 8.89. The highest BCUT2D eigenvalue weighted by Gasteiger charge is 2.36. The minimum Gasteiger partial charge on any atom is -0.493 e. The van der Waals surface area contributed by atoms with Crippen molar-refractivity contribution in [2.24, 2.45) is 10.2 Å². The predicted molar refractivity (Wildman–Crippen MR) is 125 cm³/mol. The molecule has 6 nitrogen and oxygen atoms in total. The number of aromatic nitrogens is 1. The average Bonchev–Trinajstić information content (AvgIpc) is 3.51. The lowest BCUT2D eigenvalue weighted by Crippen LogP contribution is -2.26. The van der Waals surface area contributed by atoms with E-state index in [1.165, 1.54) is 18.3 Å². The molecule has 1 saturated heterocycles. The summed E-state index contributed by atoms with van der Waals surface area (Å²) in [5.74, 6) is -0.479. The van der Waals surface area contributed by atoms with E-state index < -0.39 is 34.7 Å². The van der Waals surface area contributed by atoms with Crippen molar-refractivity contribution >= 4 is 34.7 Å². The summed E-state index contributed by atoms with van der Waals surface area (Å²) in [6.45, 7) is 0.179. The molecule has 2 aliphatic rings. The first-order valence-corrected chi connectivity index (χ1v) is 11.7. The monoisotopic (exact) mass is 524 g/mol. The van der Waals surface area contributed by atoms with Gasteiger partial charge in [-0.1, -0.05) is 35.1 Å². The van der Waals surface area contributed by atoms with E-state index in [1.807, 2.05) is 0 Å². The van der Waals surface area contributed by atoms with Crippen molar-refractivity contribution in [1.29, 1.82) is 0 Å². The van der Waals surface area contributed by atoms with Gasteiger partial charge in [-0.25, -0.2) is 4.39 Å². The van der Waals surface area contributed by atoms with Gasteiger partial charge in [-0.05, 0) is 40.6 Å². The fraction of sp³-hybridized carbons (Fsp3) is 0.261. The first-order chi connectivity index (χ1) is 16.6. The topological polar surface area (TPSA) is 79.0 Å². The van der Waals surface area contributed by atoms with Crippen molar-refractivity contribution < 1.29 is 22.7 Å². The molecule has 0 saturated carbocycles. The molecule has 0 aliphatic carbocycles. The van der Waals surface area contributed by atoms with Crippen molar-refractivity contribution in [3.05, 3.63) is 83.2 Å². The lowest BCUT2D eigenvalue weighted by atomic mass is 9.96. The summed E-state index contributed by atoms with van der Waals surface area (Å²) in [5.41, 5.74) is -0.0911. The Bertz CT molecular complexity index is 1530. The molecule has 1 aromatic heterocycles. The van der Waals surface area contributed by atoms with Gasteiger partial charge in [0.1, 0.15) is 6.17 Å². The third-order valence-electron chi connectivity index (χ3n) is 6.02. The predicted octanol–water partition coefficient (Wildman–Crippen LogP) is 3.18. The number of hydrogen-bond acceptors (Lipinski definition) is 6. The van der Waals surface area contributed by atoms with Crippen molar-refractivity contribution in [3.63, 3.8) is 0 Å². The van der Waals surface area contributed by atoms with Crippen LogP contribution in [0.15, 0.2) is 51.4 Å². The Hall–Kier alpha value is -3.02. The van der Waals surface area contributed by atoms with Gasteiger partial charge >= 0.3 is 11.0 Å². The number of fused-ring (bicyclic) bond motifs is 1. The number of nitrogens with one attached hydrogen (secondary N) is 1. The quantitative estimate of drug-likeness (QED) is 0.515. The number of thiazole rings is 1. The molecule has 0 radical (unpaired) electrons. The standard InChI is InChI=1S/C23H17ClF4N4O2S/c24-14-3-1-12(16(7-14)23(26,27)28)6-15(11-2-4-18-13(5-11)8-30-31-18)20-21(33)32(22(34)35-20)19-10-29-9-17(19)25/h1-5,7-8,17,19,29,33H,6,9-10H2/t17-,19-/m0/s1. The van der Waals surface area contributed by atoms with E-state index in [0.717, 1.165) is 10.6 Å². The number of halogens is 5. The molecular formula is C23H17ClF4N4O2S. The fourth-order valence-electron chi connectivity index (χ4n) is 4.31. The highest BCUT2D eigenvalue weighted by molar-refractivity contribution is 7.10. The lowest BCUT2D eigenvalue weighted by Gasteiger charge is -2.16. The molecule has 182 valence electrons. The van der Waals surface area contributed by atoms with Gasteiger partial charge in [0.2, 0.25) is 5.88 Å². The van der Waals surface area contributed by atoms with Crippen molar-refractivity contribution in [2.75, 3.05) is 13.1 Å². The van der Waals surface area contributed by atoms with Crippen LogP contribution in [0.25, 0.3) is 5.57 Å². The lowest BCUT2D eigenvalue weighted by molar-refractivity contribution is -0.138.